The van der Waals surface area contributed by atoms with E-state index in [-0.39, 0.29) is 24.6 Å². The van der Waals surface area contributed by atoms with Gasteiger partial charge in [0.05, 0.1) is 18.6 Å². The summed E-state index contributed by atoms with van der Waals surface area (Å²) in [6.07, 6.45) is 11.5. The Hall–Kier alpha value is -0.870. The van der Waals surface area contributed by atoms with Gasteiger partial charge in [0.1, 0.15) is 6.10 Å². The van der Waals surface area contributed by atoms with Crippen molar-refractivity contribution in [1.82, 2.24) is 0 Å². The summed E-state index contributed by atoms with van der Waals surface area (Å²) in [5.74, 6) is -0.451. The fraction of sp³-hybridized carbons (Fsp3) is 0.824. The zero-order chi connectivity index (χ0) is 15.5. The van der Waals surface area contributed by atoms with Crippen LogP contribution in [-0.4, -0.2) is 35.0 Å². The van der Waals surface area contributed by atoms with E-state index in [1.54, 1.807) is 0 Å². The number of allylic oxidation sites excluding steroid dienone is 1. The molecule has 122 valence electrons. The van der Waals surface area contributed by atoms with Crippen molar-refractivity contribution in [3.05, 3.63) is 12.7 Å². The lowest BCUT2D eigenvalue weighted by Crippen LogP contribution is -2.20. The van der Waals surface area contributed by atoms with Gasteiger partial charge >= 0.3 is 5.97 Å². The van der Waals surface area contributed by atoms with Crippen molar-refractivity contribution in [2.75, 3.05) is 6.61 Å². The minimum Gasteiger partial charge on any atom is -0.462 e. The summed E-state index contributed by atoms with van der Waals surface area (Å²) in [4.78, 5) is 11.6. The molecule has 0 unspecified atom stereocenters. The van der Waals surface area contributed by atoms with Crippen LogP contribution in [0.25, 0.3) is 0 Å². The van der Waals surface area contributed by atoms with E-state index in [0.29, 0.717) is 12.8 Å². The third-order valence-electron chi connectivity index (χ3n) is 4.12. The van der Waals surface area contributed by atoms with Crippen molar-refractivity contribution in [1.29, 1.82) is 0 Å². The average molecular weight is 298 g/mol. The van der Waals surface area contributed by atoms with E-state index in [1.807, 2.05) is 6.08 Å². The maximum Gasteiger partial charge on any atom is 0.309 e. The summed E-state index contributed by atoms with van der Waals surface area (Å²) in [5, 5.41) is 18.2. The number of rotatable bonds is 12. The highest BCUT2D eigenvalue weighted by Gasteiger charge is 2.34. The van der Waals surface area contributed by atoms with Crippen LogP contribution in [0, 0.1) is 5.92 Å². The van der Waals surface area contributed by atoms with E-state index in [9.17, 15) is 9.90 Å². The number of aliphatic hydroxyl groups excluding tert-OH is 2. The van der Waals surface area contributed by atoms with Crippen molar-refractivity contribution >= 4 is 5.97 Å². The van der Waals surface area contributed by atoms with Crippen LogP contribution in [0.2, 0.25) is 0 Å². The van der Waals surface area contributed by atoms with E-state index in [0.717, 1.165) is 19.3 Å². The lowest BCUT2D eigenvalue weighted by molar-refractivity contribution is -0.145. The van der Waals surface area contributed by atoms with E-state index < -0.39 is 6.10 Å². The van der Waals surface area contributed by atoms with Crippen molar-refractivity contribution in [2.45, 2.75) is 76.4 Å². The molecule has 1 aliphatic heterocycles. The summed E-state index contributed by atoms with van der Waals surface area (Å²) in [6, 6.07) is 0. The zero-order valence-electron chi connectivity index (χ0n) is 13.0. The van der Waals surface area contributed by atoms with Crippen LogP contribution in [0.15, 0.2) is 12.7 Å². The fourth-order valence-corrected chi connectivity index (χ4v) is 2.86. The molecule has 0 spiro atoms. The molecule has 1 heterocycles. The number of carbonyl (C=O) groups excluding carboxylic acids is 1. The normalized spacial score (nSPS) is 23.0. The molecule has 2 N–H and O–H groups in total. The van der Waals surface area contributed by atoms with E-state index >= 15 is 0 Å². The smallest absolute Gasteiger partial charge is 0.309 e. The Morgan fingerprint density at radius 1 is 1.24 bits per heavy atom. The second-order valence-corrected chi connectivity index (χ2v) is 6.05. The second kappa shape index (κ2) is 10.8. The van der Waals surface area contributed by atoms with Gasteiger partial charge in [0, 0.05) is 0 Å². The van der Waals surface area contributed by atoms with Crippen LogP contribution in [-0.2, 0) is 9.53 Å². The van der Waals surface area contributed by atoms with Gasteiger partial charge in [-0.05, 0) is 38.5 Å². The van der Waals surface area contributed by atoms with Crippen LogP contribution < -0.4 is 0 Å². The molecule has 3 atom stereocenters. The average Bonchev–Trinajstić information content (AvgIpc) is 2.82. The topological polar surface area (TPSA) is 66.8 Å². The first-order valence-electron chi connectivity index (χ1n) is 8.27. The summed E-state index contributed by atoms with van der Waals surface area (Å²) < 4.78 is 5.34. The third kappa shape index (κ3) is 7.63. The number of esters is 1. The molecule has 0 saturated carbocycles. The van der Waals surface area contributed by atoms with Crippen LogP contribution in [0.1, 0.15) is 64.2 Å². The quantitative estimate of drug-likeness (QED) is 0.330. The minimum atomic E-state index is -0.808. The van der Waals surface area contributed by atoms with Crippen molar-refractivity contribution in [3.8, 4) is 0 Å². The van der Waals surface area contributed by atoms with Gasteiger partial charge < -0.3 is 14.9 Å². The highest BCUT2D eigenvalue weighted by molar-refractivity contribution is 5.74. The highest BCUT2D eigenvalue weighted by Crippen LogP contribution is 2.28. The van der Waals surface area contributed by atoms with E-state index in [2.05, 4.69) is 6.58 Å². The molecule has 21 heavy (non-hydrogen) atoms. The number of aliphatic hydroxyl groups is 2. The predicted molar refractivity (Wildman–Crippen MR) is 82.8 cm³/mol. The van der Waals surface area contributed by atoms with Gasteiger partial charge in [-0.3, -0.25) is 4.79 Å². The summed E-state index contributed by atoms with van der Waals surface area (Å²) in [6.45, 7) is 3.43. The van der Waals surface area contributed by atoms with Gasteiger partial charge in [0.2, 0.25) is 0 Å². The molecule has 4 heteroatoms. The Balaban J connectivity index is 2.03. The standard InChI is InChI=1S/C17H30O4/c1-2-3-4-5-6-7-8-9-10-16-12-14(17(20)21-16)11-15(19)13-18/h2,14-16,18-19H,1,3-13H2/t14-,15+,16-/m1/s1. The van der Waals surface area contributed by atoms with Gasteiger partial charge in [0.25, 0.3) is 0 Å². The van der Waals surface area contributed by atoms with Crippen LogP contribution in [0.3, 0.4) is 0 Å². The molecule has 1 saturated heterocycles. The maximum atomic E-state index is 11.6. The number of ether oxygens (including phenoxy) is 1. The molecule has 1 fully saturated rings. The van der Waals surface area contributed by atoms with Gasteiger partial charge in [-0.15, -0.1) is 6.58 Å². The fourth-order valence-electron chi connectivity index (χ4n) is 2.86. The Morgan fingerprint density at radius 3 is 2.57 bits per heavy atom. The Kier molecular flexibility index (Phi) is 9.35. The van der Waals surface area contributed by atoms with E-state index in [1.165, 1.54) is 32.1 Å². The Labute approximate surface area is 128 Å². The number of hydrogen-bond donors (Lipinski definition) is 2. The molecule has 0 aromatic heterocycles. The maximum absolute atomic E-state index is 11.6. The minimum absolute atomic E-state index is 0.00848. The first kappa shape index (κ1) is 18.2. The van der Waals surface area contributed by atoms with Crippen molar-refractivity contribution in [2.24, 2.45) is 5.92 Å². The molecule has 0 aliphatic carbocycles. The van der Waals surface area contributed by atoms with Crippen LogP contribution >= 0.6 is 0 Å². The van der Waals surface area contributed by atoms with Crippen molar-refractivity contribution in [3.63, 3.8) is 0 Å². The van der Waals surface area contributed by atoms with Gasteiger partial charge in [0.15, 0.2) is 0 Å². The number of hydrogen-bond acceptors (Lipinski definition) is 4. The first-order valence-corrected chi connectivity index (χ1v) is 8.27. The number of carbonyl (C=O) groups is 1. The zero-order valence-corrected chi connectivity index (χ0v) is 13.0. The number of cyclic esters (lactones) is 1. The molecule has 0 bridgehead atoms. The Bertz CT molecular complexity index is 303. The van der Waals surface area contributed by atoms with E-state index in [4.69, 9.17) is 9.84 Å². The lowest BCUT2D eigenvalue weighted by atomic mass is 9.96. The van der Waals surface area contributed by atoms with Crippen LogP contribution in [0.4, 0.5) is 0 Å². The predicted octanol–water partition coefficient (Wildman–Crippen LogP) is 2.97. The lowest BCUT2D eigenvalue weighted by Gasteiger charge is -2.10. The Morgan fingerprint density at radius 2 is 1.90 bits per heavy atom. The van der Waals surface area contributed by atoms with Gasteiger partial charge in [-0.25, -0.2) is 0 Å². The number of unbranched alkanes of at least 4 members (excludes halogenated alkanes) is 6. The molecule has 0 radical (unpaired) electrons. The molecular weight excluding hydrogens is 268 g/mol. The SMILES string of the molecule is C=CCCCCCCCC[C@@H]1C[C@@H](C[C@H](O)CO)C(=O)O1. The van der Waals surface area contributed by atoms with Gasteiger partial charge in [-0.1, -0.05) is 31.8 Å². The van der Waals surface area contributed by atoms with Crippen LogP contribution in [0.5, 0.6) is 0 Å². The molecule has 1 rings (SSSR count). The molecular formula is C17H30O4. The van der Waals surface area contributed by atoms with Gasteiger partial charge in [-0.2, -0.15) is 0 Å². The summed E-state index contributed by atoms with van der Waals surface area (Å²) >= 11 is 0. The summed E-state index contributed by atoms with van der Waals surface area (Å²) in [5.41, 5.74) is 0. The molecule has 1 aliphatic rings. The van der Waals surface area contributed by atoms with Crippen molar-refractivity contribution < 1.29 is 19.7 Å². The highest BCUT2D eigenvalue weighted by atomic mass is 16.5. The first-order chi connectivity index (χ1) is 10.2. The molecule has 4 nitrogen and oxygen atoms in total. The molecule has 0 amide bonds. The monoisotopic (exact) mass is 298 g/mol. The summed E-state index contributed by atoms with van der Waals surface area (Å²) in [7, 11) is 0. The largest absolute Gasteiger partial charge is 0.462 e. The third-order valence-corrected chi connectivity index (χ3v) is 4.12. The molecule has 0 aromatic rings. The molecule has 0 aromatic carbocycles. The second-order valence-electron chi connectivity index (χ2n) is 6.05.